The van der Waals surface area contributed by atoms with E-state index in [0.29, 0.717) is 54.0 Å². The summed E-state index contributed by atoms with van der Waals surface area (Å²) in [4.78, 5) is 69.4. The Hall–Kier alpha value is -7.41. The van der Waals surface area contributed by atoms with Gasteiger partial charge in [0.2, 0.25) is 11.8 Å². The second kappa shape index (κ2) is 20.0. The number of phenolic OH excluding ortho intramolecular Hbond substituents is 2. The average Bonchev–Trinajstić information content (AvgIpc) is 3.86. The molecule has 6 aromatic rings. The van der Waals surface area contributed by atoms with Gasteiger partial charge in [-0.1, -0.05) is 56.2 Å². The minimum atomic E-state index is -1.40. The first-order chi connectivity index (χ1) is 33.5. The lowest BCUT2D eigenvalue weighted by atomic mass is 9.77. The number of aromatic hydroxyl groups is 2. The second-order valence-corrected chi connectivity index (χ2v) is 18.4. The van der Waals surface area contributed by atoms with Gasteiger partial charge in [-0.15, -0.1) is 0 Å². The van der Waals surface area contributed by atoms with E-state index >= 15 is 0 Å². The van der Waals surface area contributed by atoms with Gasteiger partial charge in [-0.05, 0) is 124 Å². The Bertz CT molecular complexity index is 2900. The van der Waals surface area contributed by atoms with Gasteiger partial charge < -0.3 is 39.8 Å². The van der Waals surface area contributed by atoms with Gasteiger partial charge in [0.15, 0.2) is 11.4 Å². The number of carbonyl (C=O) groups excluding carboxylic acids is 5. The highest BCUT2D eigenvalue weighted by atomic mass is 16.6. The summed E-state index contributed by atoms with van der Waals surface area (Å²) in [5.41, 5.74) is 4.12. The minimum Gasteiger partial charge on any atom is -0.508 e. The predicted octanol–water partition coefficient (Wildman–Crippen LogP) is 9.72. The number of benzene rings is 5. The van der Waals surface area contributed by atoms with Crippen molar-refractivity contribution in [3.05, 3.63) is 148 Å². The molecule has 0 bridgehead atoms. The highest BCUT2D eigenvalue weighted by Crippen LogP contribution is 2.57. The number of rotatable bonds is 17. The first-order valence-corrected chi connectivity index (χ1v) is 24.3. The van der Waals surface area contributed by atoms with Crippen molar-refractivity contribution in [1.29, 1.82) is 0 Å². The molecule has 0 saturated heterocycles. The van der Waals surface area contributed by atoms with Crippen LogP contribution in [0.3, 0.4) is 0 Å². The lowest BCUT2D eigenvalue weighted by Crippen LogP contribution is -2.35. The fourth-order valence-corrected chi connectivity index (χ4v) is 10.4. The molecule has 1 spiro atoms. The molecule has 3 amide bonds. The third-order valence-corrected chi connectivity index (χ3v) is 14.1. The first kappa shape index (κ1) is 46.7. The molecule has 3 aliphatic rings. The topological polar surface area (TPSA) is 176 Å². The van der Waals surface area contributed by atoms with Crippen LogP contribution < -0.4 is 20.3 Å². The van der Waals surface area contributed by atoms with Crippen LogP contribution in [-0.2, 0) is 32.9 Å². The van der Waals surface area contributed by atoms with E-state index in [1.807, 2.05) is 54.0 Å². The Balaban J connectivity index is 0.706. The maximum Gasteiger partial charge on any atom is 0.340 e. The van der Waals surface area contributed by atoms with Gasteiger partial charge in [-0.2, -0.15) is 0 Å². The molecule has 69 heavy (non-hydrogen) atoms. The molecule has 2 aliphatic heterocycles. The molecule has 1 aromatic heterocycles. The molecule has 0 unspecified atom stereocenters. The summed E-state index contributed by atoms with van der Waals surface area (Å²) in [7, 11) is 0. The smallest absolute Gasteiger partial charge is 0.340 e. The van der Waals surface area contributed by atoms with Gasteiger partial charge in [-0.3, -0.25) is 19.2 Å². The third-order valence-electron chi connectivity index (χ3n) is 14.1. The van der Waals surface area contributed by atoms with Crippen molar-refractivity contribution < 1.29 is 43.7 Å². The Labute approximate surface area is 401 Å². The van der Waals surface area contributed by atoms with E-state index in [1.54, 1.807) is 29.2 Å². The number of para-hydroxylation sites is 1. The maximum atomic E-state index is 14.0. The van der Waals surface area contributed by atoms with E-state index in [9.17, 15) is 34.2 Å². The van der Waals surface area contributed by atoms with Gasteiger partial charge in [0, 0.05) is 82.9 Å². The number of ether oxygens (including phenoxy) is 2. The van der Waals surface area contributed by atoms with E-state index in [4.69, 9.17) is 9.47 Å². The number of aryl methyl sites for hydroxylation is 1. The zero-order valence-electron chi connectivity index (χ0n) is 39.1. The van der Waals surface area contributed by atoms with Gasteiger partial charge in [0.25, 0.3) is 5.91 Å². The number of hydrogen-bond acceptors (Lipinski definition) is 9. The highest BCUT2D eigenvalue weighted by molar-refractivity contribution is 6.03. The highest BCUT2D eigenvalue weighted by Gasteiger charge is 2.54. The SMILES string of the molecule is CCc1cccc(N(CC)C(=O)Cn2c(C(=O)CC3CCC(C(=O)NCCCCCCNC(=O)c4ccc5c(c4)C(=O)OC54c5ccc(O)cc5Oc5cc(O)ccc54)CC3)cc3ccccc32)c1. The molecule has 13 nitrogen and oxygen atoms in total. The Kier molecular flexibility index (Phi) is 13.6. The number of nitrogens with zero attached hydrogens (tertiary/aromatic N) is 2. The maximum absolute atomic E-state index is 14.0. The summed E-state index contributed by atoms with van der Waals surface area (Å²) in [5, 5.41) is 27.4. The summed E-state index contributed by atoms with van der Waals surface area (Å²) in [6.45, 7) is 5.66. The van der Waals surface area contributed by atoms with E-state index in [-0.39, 0.29) is 70.4 Å². The largest absolute Gasteiger partial charge is 0.508 e. The molecule has 5 aromatic carbocycles. The van der Waals surface area contributed by atoms with Crippen LogP contribution in [-0.4, -0.2) is 63.9 Å². The van der Waals surface area contributed by atoms with Crippen LogP contribution in [0.25, 0.3) is 10.9 Å². The average molecular weight is 931 g/mol. The fraction of sp³-hybridized carbons (Fsp3) is 0.339. The van der Waals surface area contributed by atoms with Crippen molar-refractivity contribution in [1.82, 2.24) is 15.2 Å². The van der Waals surface area contributed by atoms with Gasteiger partial charge >= 0.3 is 5.97 Å². The van der Waals surface area contributed by atoms with E-state index in [2.05, 4.69) is 29.7 Å². The molecule has 1 fully saturated rings. The normalized spacial score (nSPS) is 16.5. The monoisotopic (exact) mass is 930 g/mol. The van der Waals surface area contributed by atoms with E-state index in [1.165, 1.54) is 30.3 Å². The predicted molar refractivity (Wildman–Crippen MR) is 262 cm³/mol. The molecular formula is C56H58N4O9. The van der Waals surface area contributed by atoms with Crippen LogP contribution in [0.5, 0.6) is 23.0 Å². The molecule has 13 heteroatoms. The van der Waals surface area contributed by atoms with E-state index < -0.39 is 11.6 Å². The number of carbonyl (C=O) groups is 5. The van der Waals surface area contributed by atoms with Crippen LogP contribution in [0.15, 0.2) is 109 Å². The van der Waals surface area contributed by atoms with Crippen molar-refractivity contribution in [3.8, 4) is 23.0 Å². The van der Waals surface area contributed by atoms with E-state index in [0.717, 1.165) is 79.9 Å². The third kappa shape index (κ3) is 9.42. The number of likely N-dealkylation sites (N-methyl/N-ethyl adjacent to an activating group) is 1. The molecule has 3 heterocycles. The summed E-state index contributed by atoms with van der Waals surface area (Å²) in [6, 6.07) is 31.8. The number of fused-ring (bicyclic) bond motifs is 7. The fourth-order valence-electron chi connectivity index (χ4n) is 10.4. The first-order valence-electron chi connectivity index (χ1n) is 24.3. The van der Waals surface area contributed by atoms with Crippen molar-refractivity contribution in [3.63, 3.8) is 0 Å². The van der Waals surface area contributed by atoms with Crippen LogP contribution in [0.2, 0.25) is 0 Å². The number of Topliss-reactive ketones (excluding diaryl/α,β-unsaturated/α-hetero) is 1. The van der Waals surface area contributed by atoms with Crippen molar-refractivity contribution >= 4 is 46.1 Å². The lowest BCUT2D eigenvalue weighted by molar-refractivity contribution is -0.126. The number of anilines is 1. The van der Waals surface area contributed by atoms with Gasteiger partial charge in [0.05, 0.1) is 11.3 Å². The zero-order valence-corrected chi connectivity index (χ0v) is 39.1. The number of unbranched alkanes of at least 4 members (excludes halogenated alkanes) is 3. The van der Waals surface area contributed by atoms with Crippen molar-refractivity contribution in [2.75, 3.05) is 24.5 Å². The van der Waals surface area contributed by atoms with Crippen LogP contribution in [0.4, 0.5) is 5.69 Å². The van der Waals surface area contributed by atoms with Crippen molar-refractivity contribution in [2.24, 2.45) is 11.8 Å². The second-order valence-electron chi connectivity index (χ2n) is 18.4. The number of amides is 3. The molecule has 4 N–H and O–H groups in total. The zero-order chi connectivity index (χ0) is 48.2. The van der Waals surface area contributed by atoms with Crippen LogP contribution in [0, 0.1) is 11.8 Å². The Morgan fingerprint density at radius 3 is 2.12 bits per heavy atom. The quantitative estimate of drug-likeness (QED) is 0.0394. The van der Waals surface area contributed by atoms with Gasteiger partial charge in [0.1, 0.15) is 29.5 Å². The number of nitrogens with one attached hydrogen (secondary N) is 2. The number of hydrogen-bond donors (Lipinski definition) is 4. The molecule has 0 radical (unpaired) electrons. The van der Waals surface area contributed by atoms with Crippen molar-refractivity contribution in [2.45, 2.75) is 90.2 Å². The molecule has 9 rings (SSSR count). The Morgan fingerprint density at radius 1 is 0.739 bits per heavy atom. The molecular weight excluding hydrogens is 873 g/mol. The molecule has 1 aliphatic carbocycles. The summed E-state index contributed by atoms with van der Waals surface area (Å²) in [5.74, 6) is -0.345. The number of ketones is 1. The molecule has 0 atom stereocenters. The standard InChI is InChI=1S/C56H58N4O9/c1-3-35-12-11-14-40(28-35)59(4-2)52(64)34-60-47-15-8-7-13-38(47)31-48(60)49(63)29-36-16-18-37(19-17-36)53(65)57-26-9-5-6-10-27-58-54(66)39-20-23-44-43(30-39)55(67)69-56(44)45-24-21-41(61)32-50(45)68-51-33-42(62)22-25-46(51)56/h7-8,11-15,20-25,28,30-33,36-37,61-62H,3-6,9-10,16-19,26-27,29,34H2,1-2H3,(H,57,65)(H,58,66). The Morgan fingerprint density at radius 2 is 1.42 bits per heavy atom. The summed E-state index contributed by atoms with van der Waals surface area (Å²) >= 11 is 0. The van der Waals surface area contributed by atoms with Crippen LogP contribution >= 0.6 is 0 Å². The number of phenols is 2. The molecule has 1 saturated carbocycles. The minimum absolute atomic E-state index is 0.0202. The van der Waals surface area contributed by atoms with Crippen LogP contribution in [0.1, 0.15) is 125 Å². The summed E-state index contributed by atoms with van der Waals surface area (Å²) in [6.07, 6.45) is 7.58. The number of esters is 1. The summed E-state index contributed by atoms with van der Waals surface area (Å²) < 4.78 is 14.0. The lowest BCUT2D eigenvalue weighted by Gasteiger charge is -2.36. The number of aromatic nitrogens is 1. The molecule has 356 valence electrons. The van der Waals surface area contributed by atoms with Gasteiger partial charge in [-0.25, -0.2) is 4.79 Å².